The van der Waals surface area contributed by atoms with Gasteiger partial charge in [0.15, 0.2) is 0 Å². The Morgan fingerprint density at radius 2 is 1.76 bits per heavy atom. The van der Waals surface area contributed by atoms with Crippen LogP contribution in [0.25, 0.3) is 0 Å². The minimum atomic E-state index is -0.689. The second-order valence-electron chi connectivity index (χ2n) is 5.28. The van der Waals surface area contributed by atoms with Crippen LogP contribution in [0.5, 0.6) is 0 Å². The van der Waals surface area contributed by atoms with Gasteiger partial charge in [-0.1, -0.05) is 18.2 Å². The molecule has 0 saturated carbocycles. The Hall–Kier alpha value is -2.36. The van der Waals surface area contributed by atoms with Crippen molar-refractivity contribution in [3.8, 4) is 0 Å². The first-order valence-corrected chi connectivity index (χ1v) is 6.77. The summed E-state index contributed by atoms with van der Waals surface area (Å²) >= 11 is 0. The van der Waals surface area contributed by atoms with Gasteiger partial charge in [0.05, 0.1) is 0 Å². The molecule has 2 aromatic rings. The summed E-state index contributed by atoms with van der Waals surface area (Å²) < 4.78 is 13.3. The molecular weight excluding hydrogens is 267 g/mol. The summed E-state index contributed by atoms with van der Waals surface area (Å²) in [6.45, 7) is 5.94. The van der Waals surface area contributed by atoms with Crippen molar-refractivity contribution in [2.75, 3.05) is 5.32 Å². The number of anilines is 1. The predicted octanol–water partition coefficient (Wildman–Crippen LogP) is 3.39. The van der Waals surface area contributed by atoms with Crippen molar-refractivity contribution in [1.82, 2.24) is 0 Å². The van der Waals surface area contributed by atoms with Crippen LogP contribution in [0.1, 0.15) is 28.3 Å². The number of nitrogens with two attached hydrogens (primary N) is 1. The van der Waals surface area contributed by atoms with Crippen molar-refractivity contribution in [3.63, 3.8) is 0 Å². The Morgan fingerprint density at radius 1 is 1.10 bits per heavy atom. The number of amides is 1. The van der Waals surface area contributed by atoms with E-state index in [1.54, 1.807) is 12.1 Å². The van der Waals surface area contributed by atoms with E-state index in [1.165, 1.54) is 12.1 Å². The molecule has 3 nitrogen and oxygen atoms in total. The SMILES string of the molecule is Cc1cc(C)c(C(Nc2cccc(F)c2)C(N)=O)cc1C. The van der Waals surface area contributed by atoms with E-state index in [-0.39, 0.29) is 5.82 Å². The molecule has 0 aliphatic rings. The van der Waals surface area contributed by atoms with E-state index in [1.807, 2.05) is 32.9 Å². The van der Waals surface area contributed by atoms with Crippen LogP contribution in [-0.4, -0.2) is 5.91 Å². The van der Waals surface area contributed by atoms with Crippen molar-refractivity contribution in [2.24, 2.45) is 5.73 Å². The molecule has 0 aliphatic heterocycles. The zero-order valence-corrected chi connectivity index (χ0v) is 12.4. The molecule has 3 N–H and O–H groups in total. The summed E-state index contributed by atoms with van der Waals surface area (Å²) in [4.78, 5) is 11.8. The Balaban J connectivity index is 2.40. The Labute approximate surface area is 124 Å². The highest BCUT2D eigenvalue weighted by Crippen LogP contribution is 2.25. The molecule has 0 bridgehead atoms. The fourth-order valence-corrected chi connectivity index (χ4v) is 2.34. The second-order valence-corrected chi connectivity index (χ2v) is 5.28. The molecule has 0 aromatic heterocycles. The van der Waals surface area contributed by atoms with Crippen molar-refractivity contribution in [1.29, 1.82) is 0 Å². The molecule has 0 fully saturated rings. The van der Waals surface area contributed by atoms with Gasteiger partial charge in [0.2, 0.25) is 5.91 Å². The summed E-state index contributed by atoms with van der Waals surface area (Å²) in [5.41, 5.74) is 10.1. The normalized spacial score (nSPS) is 12.0. The van der Waals surface area contributed by atoms with Crippen LogP contribution in [-0.2, 0) is 4.79 Å². The molecule has 110 valence electrons. The molecule has 0 saturated heterocycles. The van der Waals surface area contributed by atoms with Crippen LogP contribution < -0.4 is 11.1 Å². The van der Waals surface area contributed by atoms with Gasteiger partial charge in [-0.15, -0.1) is 0 Å². The number of aryl methyl sites for hydroxylation is 3. The molecular formula is C17H19FN2O. The van der Waals surface area contributed by atoms with Crippen LogP contribution in [0, 0.1) is 26.6 Å². The number of primary amides is 1. The average Bonchev–Trinajstić information content (AvgIpc) is 2.40. The lowest BCUT2D eigenvalue weighted by atomic mass is 9.95. The number of carbonyl (C=O) groups excluding carboxylic acids is 1. The number of nitrogens with one attached hydrogen (secondary N) is 1. The fourth-order valence-electron chi connectivity index (χ4n) is 2.34. The van der Waals surface area contributed by atoms with Crippen molar-refractivity contribution in [2.45, 2.75) is 26.8 Å². The number of hydrogen-bond acceptors (Lipinski definition) is 2. The predicted molar refractivity (Wildman–Crippen MR) is 82.6 cm³/mol. The average molecular weight is 286 g/mol. The van der Waals surface area contributed by atoms with Crippen LogP contribution >= 0.6 is 0 Å². The zero-order chi connectivity index (χ0) is 15.6. The maximum atomic E-state index is 13.3. The van der Waals surface area contributed by atoms with Gasteiger partial charge in [0.25, 0.3) is 0 Å². The van der Waals surface area contributed by atoms with Crippen molar-refractivity contribution >= 4 is 11.6 Å². The summed E-state index contributed by atoms with van der Waals surface area (Å²) in [6, 6.07) is 9.27. The number of carbonyl (C=O) groups is 1. The Kier molecular flexibility index (Phi) is 4.26. The summed E-state index contributed by atoms with van der Waals surface area (Å²) in [6.07, 6.45) is 0. The lowest BCUT2D eigenvalue weighted by Crippen LogP contribution is -2.28. The van der Waals surface area contributed by atoms with Gasteiger partial charge in [0, 0.05) is 5.69 Å². The maximum Gasteiger partial charge on any atom is 0.244 e. The van der Waals surface area contributed by atoms with Crippen LogP contribution in [0.2, 0.25) is 0 Å². The molecule has 0 spiro atoms. The number of rotatable bonds is 4. The minimum Gasteiger partial charge on any atom is -0.370 e. The van der Waals surface area contributed by atoms with Crippen LogP contribution in [0.3, 0.4) is 0 Å². The van der Waals surface area contributed by atoms with E-state index in [0.29, 0.717) is 5.69 Å². The van der Waals surface area contributed by atoms with Crippen molar-refractivity contribution < 1.29 is 9.18 Å². The smallest absolute Gasteiger partial charge is 0.244 e. The van der Waals surface area contributed by atoms with Crippen LogP contribution in [0.15, 0.2) is 36.4 Å². The van der Waals surface area contributed by atoms with Gasteiger partial charge in [-0.05, 0) is 61.2 Å². The quantitative estimate of drug-likeness (QED) is 0.905. The molecule has 0 radical (unpaired) electrons. The molecule has 21 heavy (non-hydrogen) atoms. The highest BCUT2D eigenvalue weighted by molar-refractivity contribution is 5.85. The molecule has 4 heteroatoms. The first-order valence-electron chi connectivity index (χ1n) is 6.77. The van der Waals surface area contributed by atoms with E-state index >= 15 is 0 Å². The van der Waals surface area contributed by atoms with E-state index in [0.717, 1.165) is 22.3 Å². The Morgan fingerprint density at radius 3 is 2.38 bits per heavy atom. The van der Waals surface area contributed by atoms with Crippen molar-refractivity contribution in [3.05, 3.63) is 64.5 Å². The first-order chi connectivity index (χ1) is 9.88. The molecule has 2 aromatic carbocycles. The highest BCUT2D eigenvalue weighted by atomic mass is 19.1. The van der Waals surface area contributed by atoms with E-state index < -0.39 is 11.9 Å². The molecule has 1 atom stereocenters. The largest absolute Gasteiger partial charge is 0.370 e. The topological polar surface area (TPSA) is 55.1 Å². The second kappa shape index (κ2) is 5.95. The van der Waals surface area contributed by atoms with Gasteiger partial charge in [-0.3, -0.25) is 4.79 Å². The third-order valence-corrected chi connectivity index (χ3v) is 3.61. The van der Waals surface area contributed by atoms with E-state index in [4.69, 9.17) is 5.73 Å². The van der Waals surface area contributed by atoms with Gasteiger partial charge in [0.1, 0.15) is 11.9 Å². The highest BCUT2D eigenvalue weighted by Gasteiger charge is 2.20. The maximum absolute atomic E-state index is 13.3. The number of benzene rings is 2. The minimum absolute atomic E-state index is 0.361. The van der Waals surface area contributed by atoms with Gasteiger partial charge in [-0.2, -0.15) is 0 Å². The lowest BCUT2D eigenvalue weighted by Gasteiger charge is -2.20. The fraction of sp³-hybridized carbons (Fsp3) is 0.235. The van der Waals surface area contributed by atoms with Crippen LogP contribution in [0.4, 0.5) is 10.1 Å². The Bertz CT molecular complexity index is 682. The third kappa shape index (κ3) is 3.40. The van der Waals surface area contributed by atoms with Gasteiger partial charge in [-0.25, -0.2) is 4.39 Å². The van der Waals surface area contributed by atoms with E-state index in [2.05, 4.69) is 5.32 Å². The molecule has 0 aliphatic carbocycles. The summed E-state index contributed by atoms with van der Waals surface area (Å²) in [5, 5.41) is 3.01. The van der Waals surface area contributed by atoms with Gasteiger partial charge < -0.3 is 11.1 Å². The number of hydrogen-bond donors (Lipinski definition) is 2. The summed E-state index contributed by atoms with van der Waals surface area (Å²) in [7, 11) is 0. The molecule has 1 unspecified atom stereocenters. The first kappa shape index (κ1) is 15.0. The zero-order valence-electron chi connectivity index (χ0n) is 12.4. The lowest BCUT2D eigenvalue weighted by molar-refractivity contribution is -0.118. The number of halogens is 1. The molecule has 0 heterocycles. The van der Waals surface area contributed by atoms with Gasteiger partial charge >= 0.3 is 0 Å². The molecule has 1 amide bonds. The standard InChI is InChI=1S/C17H19FN2O/c1-10-7-12(3)15(8-11(10)2)16(17(19)21)20-14-6-4-5-13(18)9-14/h4-9,16,20H,1-3H3,(H2,19,21). The molecule has 2 rings (SSSR count). The third-order valence-electron chi connectivity index (χ3n) is 3.61. The van der Waals surface area contributed by atoms with E-state index in [9.17, 15) is 9.18 Å². The monoisotopic (exact) mass is 286 g/mol. The summed E-state index contributed by atoms with van der Waals surface area (Å²) in [5.74, 6) is -0.856.